The molecule has 0 bridgehead atoms. The van der Waals surface area contributed by atoms with Crippen LogP contribution in [0.4, 0.5) is 0 Å². The molecule has 1 N–H and O–H groups in total. The second kappa shape index (κ2) is 5.92. The molecule has 1 aromatic carbocycles. The quantitative estimate of drug-likeness (QED) is 0.870. The summed E-state index contributed by atoms with van der Waals surface area (Å²) < 4.78 is 11.3. The number of hydrogen-bond acceptors (Lipinski definition) is 3. The van der Waals surface area contributed by atoms with Crippen molar-refractivity contribution in [3.63, 3.8) is 0 Å². The molecule has 1 heterocycles. The average Bonchev–Trinajstić information content (AvgIpc) is 2.40. The highest BCUT2D eigenvalue weighted by atomic mass is 16.5. The van der Waals surface area contributed by atoms with Gasteiger partial charge in [0.15, 0.2) is 11.5 Å². The monoisotopic (exact) mass is 235 g/mol. The summed E-state index contributed by atoms with van der Waals surface area (Å²) in [5.41, 5.74) is 0. The standard InChI is InChI=1S/C14H21NO2/c1-11(12-7-5-6-10-15-12)17-14-9-4-3-8-13(14)16-2/h3-4,8-9,11-12,15H,5-7,10H2,1-2H3. The third kappa shape index (κ3) is 3.13. The van der Waals surface area contributed by atoms with Crippen molar-refractivity contribution in [2.24, 2.45) is 0 Å². The van der Waals surface area contributed by atoms with Crippen LogP contribution in [0.2, 0.25) is 0 Å². The van der Waals surface area contributed by atoms with Crippen LogP contribution in [-0.2, 0) is 0 Å². The van der Waals surface area contributed by atoms with Crippen molar-refractivity contribution >= 4 is 0 Å². The largest absolute Gasteiger partial charge is 0.493 e. The number of piperidine rings is 1. The summed E-state index contributed by atoms with van der Waals surface area (Å²) in [5, 5.41) is 3.51. The van der Waals surface area contributed by atoms with Crippen molar-refractivity contribution < 1.29 is 9.47 Å². The normalized spacial score (nSPS) is 21.9. The highest BCUT2D eigenvalue weighted by Crippen LogP contribution is 2.28. The van der Waals surface area contributed by atoms with Gasteiger partial charge in [-0.1, -0.05) is 18.6 Å². The molecule has 1 saturated heterocycles. The molecule has 0 aliphatic carbocycles. The van der Waals surface area contributed by atoms with E-state index in [-0.39, 0.29) is 6.10 Å². The lowest BCUT2D eigenvalue weighted by molar-refractivity contribution is 0.148. The smallest absolute Gasteiger partial charge is 0.161 e. The van der Waals surface area contributed by atoms with Crippen LogP contribution in [0.5, 0.6) is 11.5 Å². The molecule has 1 aliphatic rings. The van der Waals surface area contributed by atoms with E-state index in [0.29, 0.717) is 6.04 Å². The Hall–Kier alpha value is -1.22. The molecule has 1 aliphatic heterocycles. The van der Waals surface area contributed by atoms with Crippen molar-refractivity contribution in [2.45, 2.75) is 38.3 Å². The fourth-order valence-electron chi connectivity index (χ4n) is 2.28. The van der Waals surface area contributed by atoms with Crippen molar-refractivity contribution in [1.29, 1.82) is 0 Å². The Bertz CT molecular complexity index is 348. The molecule has 0 aromatic heterocycles. The Morgan fingerprint density at radius 3 is 2.65 bits per heavy atom. The molecule has 3 nitrogen and oxygen atoms in total. The van der Waals surface area contributed by atoms with E-state index in [2.05, 4.69) is 12.2 Å². The summed E-state index contributed by atoms with van der Waals surface area (Å²) in [6.07, 6.45) is 3.93. The molecule has 1 fully saturated rings. The summed E-state index contributed by atoms with van der Waals surface area (Å²) in [4.78, 5) is 0. The van der Waals surface area contributed by atoms with Gasteiger partial charge in [0, 0.05) is 6.04 Å². The molecule has 0 saturated carbocycles. The zero-order chi connectivity index (χ0) is 12.1. The first-order chi connectivity index (χ1) is 8.31. The molecule has 0 amide bonds. The Morgan fingerprint density at radius 2 is 2.00 bits per heavy atom. The molecule has 2 unspecified atom stereocenters. The van der Waals surface area contributed by atoms with E-state index >= 15 is 0 Å². The molecule has 94 valence electrons. The first kappa shape index (κ1) is 12.2. The van der Waals surface area contributed by atoms with Crippen LogP contribution >= 0.6 is 0 Å². The van der Waals surface area contributed by atoms with E-state index in [4.69, 9.17) is 9.47 Å². The second-order valence-electron chi connectivity index (χ2n) is 4.53. The minimum atomic E-state index is 0.173. The van der Waals surface area contributed by atoms with Crippen LogP contribution in [0.25, 0.3) is 0 Å². The lowest BCUT2D eigenvalue weighted by Crippen LogP contribution is -2.44. The van der Waals surface area contributed by atoms with Gasteiger partial charge in [0.25, 0.3) is 0 Å². The number of ether oxygens (including phenoxy) is 2. The van der Waals surface area contributed by atoms with Crippen molar-refractivity contribution in [1.82, 2.24) is 5.32 Å². The van der Waals surface area contributed by atoms with Gasteiger partial charge in [0.2, 0.25) is 0 Å². The molecular weight excluding hydrogens is 214 g/mol. The lowest BCUT2D eigenvalue weighted by atomic mass is 10.0. The summed E-state index contributed by atoms with van der Waals surface area (Å²) in [6.45, 7) is 3.22. The Labute approximate surface area is 103 Å². The molecule has 2 atom stereocenters. The maximum absolute atomic E-state index is 5.99. The van der Waals surface area contributed by atoms with Crippen LogP contribution < -0.4 is 14.8 Å². The van der Waals surface area contributed by atoms with Crippen LogP contribution in [-0.4, -0.2) is 25.8 Å². The SMILES string of the molecule is COc1ccccc1OC(C)C1CCCCN1. The van der Waals surface area contributed by atoms with E-state index in [1.54, 1.807) is 7.11 Å². The lowest BCUT2D eigenvalue weighted by Gasteiger charge is -2.29. The van der Waals surface area contributed by atoms with E-state index in [9.17, 15) is 0 Å². The van der Waals surface area contributed by atoms with Crippen molar-refractivity contribution in [3.05, 3.63) is 24.3 Å². The second-order valence-corrected chi connectivity index (χ2v) is 4.53. The molecule has 0 radical (unpaired) electrons. The highest BCUT2D eigenvalue weighted by Gasteiger charge is 2.21. The molecule has 1 aromatic rings. The van der Waals surface area contributed by atoms with Gasteiger partial charge in [-0.3, -0.25) is 0 Å². The zero-order valence-electron chi connectivity index (χ0n) is 10.6. The predicted molar refractivity (Wildman–Crippen MR) is 68.7 cm³/mol. The maximum Gasteiger partial charge on any atom is 0.161 e. The highest BCUT2D eigenvalue weighted by molar-refractivity contribution is 5.39. The average molecular weight is 235 g/mol. The van der Waals surface area contributed by atoms with Crippen LogP contribution in [0.1, 0.15) is 26.2 Å². The summed E-state index contributed by atoms with van der Waals surface area (Å²) in [7, 11) is 1.67. The number of nitrogens with one attached hydrogen (secondary N) is 1. The molecule has 3 heteroatoms. The Kier molecular flexibility index (Phi) is 4.26. The number of para-hydroxylation sites is 2. The van der Waals surface area contributed by atoms with E-state index < -0.39 is 0 Å². The van der Waals surface area contributed by atoms with Gasteiger partial charge in [-0.25, -0.2) is 0 Å². The fraction of sp³-hybridized carbons (Fsp3) is 0.571. The van der Waals surface area contributed by atoms with E-state index in [0.717, 1.165) is 18.0 Å². The van der Waals surface area contributed by atoms with Gasteiger partial charge in [-0.05, 0) is 38.4 Å². The first-order valence-electron chi connectivity index (χ1n) is 6.34. The van der Waals surface area contributed by atoms with Gasteiger partial charge in [0.05, 0.1) is 7.11 Å². The van der Waals surface area contributed by atoms with Gasteiger partial charge in [-0.15, -0.1) is 0 Å². The van der Waals surface area contributed by atoms with E-state index in [1.807, 2.05) is 24.3 Å². The van der Waals surface area contributed by atoms with Gasteiger partial charge in [-0.2, -0.15) is 0 Å². The fourth-order valence-corrected chi connectivity index (χ4v) is 2.28. The zero-order valence-corrected chi connectivity index (χ0v) is 10.6. The third-order valence-electron chi connectivity index (χ3n) is 3.30. The van der Waals surface area contributed by atoms with Crippen LogP contribution in [0, 0.1) is 0 Å². The van der Waals surface area contributed by atoms with Crippen LogP contribution in [0.15, 0.2) is 24.3 Å². The van der Waals surface area contributed by atoms with Gasteiger partial charge in [0.1, 0.15) is 6.10 Å². The van der Waals surface area contributed by atoms with Gasteiger partial charge < -0.3 is 14.8 Å². The predicted octanol–water partition coefficient (Wildman–Crippen LogP) is 2.60. The summed E-state index contributed by atoms with van der Waals surface area (Å²) in [6, 6.07) is 8.26. The summed E-state index contributed by atoms with van der Waals surface area (Å²) in [5.74, 6) is 1.63. The Morgan fingerprint density at radius 1 is 1.24 bits per heavy atom. The van der Waals surface area contributed by atoms with Crippen molar-refractivity contribution in [3.8, 4) is 11.5 Å². The molecular formula is C14H21NO2. The number of rotatable bonds is 4. The number of hydrogen-bond donors (Lipinski definition) is 1. The molecule has 0 spiro atoms. The van der Waals surface area contributed by atoms with Crippen molar-refractivity contribution in [2.75, 3.05) is 13.7 Å². The Balaban J connectivity index is 1.99. The number of benzene rings is 1. The topological polar surface area (TPSA) is 30.5 Å². The van der Waals surface area contributed by atoms with Crippen LogP contribution in [0.3, 0.4) is 0 Å². The maximum atomic E-state index is 5.99. The third-order valence-corrected chi connectivity index (χ3v) is 3.30. The van der Waals surface area contributed by atoms with Gasteiger partial charge >= 0.3 is 0 Å². The molecule has 2 rings (SSSR count). The minimum Gasteiger partial charge on any atom is -0.493 e. The first-order valence-corrected chi connectivity index (χ1v) is 6.34. The summed E-state index contributed by atoms with van der Waals surface area (Å²) >= 11 is 0. The number of methoxy groups -OCH3 is 1. The minimum absolute atomic E-state index is 0.173. The molecule has 17 heavy (non-hydrogen) atoms. The van der Waals surface area contributed by atoms with E-state index in [1.165, 1.54) is 19.3 Å².